The Labute approximate surface area is 189 Å². The molecule has 0 saturated carbocycles. The molecule has 0 fully saturated rings. The Morgan fingerprint density at radius 2 is 1.67 bits per heavy atom. The van der Waals surface area contributed by atoms with Gasteiger partial charge in [0, 0.05) is 78.7 Å². The zero-order valence-corrected chi connectivity index (χ0v) is 19.7. The van der Waals surface area contributed by atoms with Crippen molar-refractivity contribution in [3.05, 3.63) is 0 Å². The number of carbonyl (C=O) groups is 2. The van der Waals surface area contributed by atoms with Gasteiger partial charge in [0.05, 0.1) is 19.4 Å². The van der Waals surface area contributed by atoms with Crippen LogP contribution in [0.5, 0.6) is 0 Å². The maximum Gasteiger partial charge on any atom is 0.305 e. The second kappa shape index (κ2) is 20.1. The number of unbranched alkanes of at least 4 members (excludes halogenated alkanes) is 2. The molecule has 132 valence electrons. The monoisotopic (exact) mass is 364 g/mol. The summed E-state index contributed by atoms with van der Waals surface area (Å²) in [5.41, 5.74) is 0. The van der Waals surface area contributed by atoms with Gasteiger partial charge < -0.3 is 20.3 Å². The van der Waals surface area contributed by atoms with Crippen molar-refractivity contribution in [2.75, 3.05) is 32.8 Å². The van der Waals surface area contributed by atoms with Crippen LogP contribution in [0.4, 0.5) is 0 Å². The first-order valence-corrected chi connectivity index (χ1v) is 7.97. The molecule has 0 saturated heterocycles. The van der Waals surface area contributed by atoms with E-state index in [4.69, 9.17) is 14.9 Å². The molecule has 0 aliphatic carbocycles. The molecule has 0 bridgehead atoms. The smallest absolute Gasteiger partial charge is 0.305 e. The predicted molar refractivity (Wildman–Crippen MR) is 95.4 cm³/mol. The fourth-order valence-corrected chi connectivity index (χ4v) is 1.98. The summed E-state index contributed by atoms with van der Waals surface area (Å²) in [5, 5.41) is 20.7. The topological polar surface area (TPSA) is 99.1 Å². The number of nitrogens with one attached hydrogen (secondary N) is 1. The van der Waals surface area contributed by atoms with Crippen molar-refractivity contribution in [2.45, 2.75) is 52.2 Å². The Bertz CT molecular complexity index is 322. The van der Waals surface area contributed by atoms with Crippen LogP contribution in [0.1, 0.15) is 46.0 Å². The summed E-state index contributed by atoms with van der Waals surface area (Å²) in [6.45, 7) is 6.88. The van der Waals surface area contributed by atoms with Crippen LogP contribution in [0.2, 0.25) is 0 Å². The van der Waals surface area contributed by atoms with Gasteiger partial charge in [0.15, 0.2) is 0 Å². The van der Waals surface area contributed by atoms with Crippen molar-refractivity contribution in [3.8, 4) is 0 Å². The summed E-state index contributed by atoms with van der Waals surface area (Å²) < 4.78 is 5.47. The van der Waals surface area contributed by atoms with E-state index in [9.17, 15) is 9.59 Å². The van der Waals surface area contributed by atoms with E-state index in [0.29, 0.717) is 13.1 Å². The standard InChI is InChI=1S/C15H30N2O5.2Na/c1-3-4-5-8-16-9-11-17(10-6-14(18)19)13(2)22-12-7-15(20)21;;/h13,16H,3-12H2,1-2H3,(H,18,19)(H,20,21);;. The van der Waals surface area contributed by atoms with Crippen LogP contribution < -0.4 is 5.32 Å². The van der Waals surface area contributed by atoms with Gasteiger partial charge in [-0.1, -0.05) is 19.8 Å². The molecule has 0 spiro atoms. The normalized spacial score (nSPS) is 11.5. The van der Waals surface area contributed by atoms with E-state index in [0.717, 1.165) is 19.5 Å². The van der Waals surface area contributed by atoms with Crippen molar-refractivity contribution >= 4 is 71.1 Å². The molecule has 9 heteroatoms. The number of hydrogen-bond acceptors (Lipinski definition) is 5. The molecule has 3 N–H and O–H groups in total. The number of aliphatic carboxylic acids is 2. The van der Waals surface area contributed by atoms with Gasteiger partial charge in [0.25, 0.3) is 0 Å². The molecule has 1 unspecified atom stereocenters. The number of nitrogens with zero attached hydrogens (tertiary/aromatic N) is 1. The van der Waals surface area contributed by atoms with Gasteiger partial charge in [-0.15, -0.1) is 0 Å². The molecule has 24 heavy (non-hydrogen) atoms. The third-order valence-electron chi connectivity index (χ3n) is 3.33. The molecular formula is C15H30N2Na2O5. The van der Waals surface area contributed by atoms with E-state index in [2.05, 4.69) is 12.2 Å². The quantitative estimate of drug-likeness (QED) is 0.223. The van der Waals surface area contributed by atoms with E-state index in [1.807, 2.05) is 11.8 Å². The first kappa shape index (κ1) is 29.6. The van der Waals surface area contributed by atoms with Crippen molar-refractivity contribution in [2.24, 2.45) is 0 Å². The maximum absolute atomic E-state index is 10.7. The van der Waals surface area contributed by atoms with E-state index >= 15 is 0 Å². The van der Waals surface area contributed by atoms with Crippen molar-refractivity contribution in [3.63, 3.8) is 0 Å². The van der Waals surface area contributed by atoms with Crippen molar-refractivity contribution in [1.29, 1.82) is 0 Å². The van der Waals surface area contributed by atoms with Gasteiger partial charge in [-0.05, 0) is 19.9 Å². The molecule has 2 radical (unpaired) electrons. The van der Waals surface area contributed by atoms with Crippen LogP contribution in [-0.2, 0) is 14.3 Å². The SMILES string of the molecule is CCCCCNCCN(CCC(=O)O)C(C)OCCC(=O)O.[Na].[Na]. The molecule has 7 nitrogen and oxygen atoms in total. The van der Waals surface area contributed by atoms with Crippen LogP contribution in [0.15, 0.2) is 0 Å². The third kappa shape index (κ3) is 19.1. The van der Waals surface area contributed by atoms with Gasteiger partial charge in [-0.2, -0.15) is 0 Å². The minimum atomic E-state index is -0.901. The molecule has 0 aliphatic heterocycles. The molecule has 0 amide bonds. The van der Waals surface area contributed by atoms with Crippen LogP contribution in [0.25, 0.3) is 0 Å². The van der Waals surface area contributed by atoms with E-state index < -0.39 is 11.9 Å². The fraction of sp³-hybridized carbons (Fsp3) is 0.867. The Morgan fingerprint density at radius 1 is 1.04 bits per heavy atom. The van der Waals surface area contributed by atoms with E-state index in [1.54, 1.807) is 0 Å². The van der Waals surface area contributed by atoms with Crippen molar-refractivity contribution in [1.82, 2.24) is 10.2 Å². The number of hydrogen-bond donors (Lipinski definition) is 3. The van der Waals surface area contributed by atoms with Crippen LogP contribution in [0.3, 0.4) is 0 Å². The summed E-state index contributed by atoms with van der Waals surface area (Å²) >= 11 is 0. The molecule has 1 atom stereocenters. The summed E-state index contributed by atoms with van der Waals surface area (Å²) in [6.07, 6.45) is 3.22. The molecule has 0 aromatic carbocycles. The van der Waals surface area contributed by atoms with Crippen molar-refractivity contribution < 1.29 is 24.5 Å². The van der Waals surface area contributed by atoms with Gasteiger partial charge in [-0.25, -0.2) is 0 Å². The summed E-state index contributed by atoms with van der Waals surface area (Å²) in [5.74, 6) is -1.75. The number of carboxylic acid groups (broad SMARTS) is 2. The van der Waals surface area contributed by atoms with Crippen LogP contribution in [-0.4, -0.2) is 125 Å². The molecule has 0 heterocycles. The Kier molecular flexibility index (Phi) is 24.8. The largest absolute Gasteiger partial charge is 0.481 e. The first-order valence-electron chi connectivity index (χ1n) is 7.97. The van der Waals surface area contributed by atoms with Crippen LogP contribution in [0, 0.1) is 0 Å². The Morgan fingerprint density at radius 3 is 2.21 bits per heavy atom. The number of carboxylic acids is 2. The van der Waals surface area contributed by atoms with Crippen LogP contribution >= 0.6 is 0 Å². The fourth-order valence-electron chi connectivity index (χ4n) is 1.98. The zero-order valence-electron chi connectivity index (χ0n) is 15.7. The summed E-state index contributed by atoms with van der Waals surface area (Å²) in [4.78, 5) is 23.1. The second-order valence-electron chi connectivity index (χ2n) is 5.25. The second-order valence-corrected chi connectivity index (χ2v) is 5.25. The molecule has 0 rings (SSSR count). The molecular weight excluding hydrogens is 334 g/mol. The van der Waals surface area contributed by atoms with E-state index in [1.165, 1.54) is 12.8 Å². The number of ether oxygens (including phenoxy) is 1. The minimum absolute atomic E-state index is 0. The molecule has 0 aromatic heterocycles. The van der Waals surface area contributed by atoms with Gasteiger partial charge in [-0.3, -0.25) is 14.5 Å². The minimum Gasteiger partial charge on any atom is -0.481 e. The molecule has 0 aromatic rings. The predicted octanol–water partition coefficient (Wildman–Crippen LogP) is 0.619. The average Bonchev–Trinajstić information content (AvgIpc) is 2.44. The van der Waals surface area contributed by atoms with Gasteiger partial charge in [0.2, 0.25) is 0 Å². The van der Waals surface area contributed by atoms with Gasteiger partial charge >= 0.3 is 11.9 Å². The summed E-state index contributed by atoms with van der Waals surface area (Å²) in [6, 6.07) is 0. The summed E-state index contributed by atoms with van der Waals surface area (Å²) in [7, 11) is 0. The maximum atomic E-state index is 10.7. The van der Waals surface area contributed by atoms with E-state index in [-0.39, 0.29) is 84.8 Å². The average molecular weight is 364 g/mol. The van der Waals surface area contributed by atoms with Gasteiger partial charge in [0.1, 0.15) is 6.23 Å². The zero-order chi connectivity index (χ0) is 16.8. The Balaban J connectivity index is -0.00000220. The number of rotatable bonds is 15. The Hall–Kier alpha value is 0.820. The first-order chi connectivity index (χ1) is 10.5. The third-order valence-corrected chi connectivity index (χ3v) is 3.33. The molecule has 0 aliphatic rings.